The Kier molecular flexibility index (Phi) is 3.18. The second-order valence-corrected chi connectivity index (χ2v) is 8.43. The van der Waals surface area contributed by atoms with Crippen molar-refractivity contribution in [2.45, 2.75) is 43.5 Å². The molecule has 5 nitrogen and oxygen atoms in total. The molecule has 0 spiro atoms. The van der Waals surface area contributed by atoms with Gasteiger partial charge in [0.1, 0.15) is 4.90 Å². The van der Waals surface area contributed by atoms with Crippen LogP contribution in [0.4, 0.5) is 5.69 Å². The molecular weight excluding hydrogens is 298 g/mol. The van der Waals surface area contributed by atoms with Crippen LogP contribution in [0.15, 0.2) is 34.2 Å². The molecule has 22 heavy (non-hydrogen) atoms. The zero-order valence-electron chi connectivity index (χ0n) is 12.6. The summed E-state index contributed by atoms with van der Waals surface area (Å²) in [4.78, 5) is 4.93. The molecule has 2 saturated carbocycles. The van der Waals surface area contributed by atoms with E-state index in [9.17, 15) is 8.42 Å². The topological polar surface area (TPSA) is 70.6 Å². The van der Waals surface area contributed by atoms with E-state index in [2.05, 4.69) is 22.0 Å². The largest absolute Gasteiger partial charge is 0.324 e. The molecule has 2 aliphatic carbocycles. The second kappa shape index (κ2) is 4.98. The van der Waals surface area contributed by atoms with Crippen molar-refractivity contribution in [2.75, 3.05) is 5.32 Å². The molecule has 2 N–H and O–H groups in total. The van der Waals surface area contributed by atoms with Gasteiger partial charge in [-0.3, -0.25) is 0 Å². The van der Waals surface area contributed by atoms with E-state index in [1.807, 2.05) is 6.07 Å². The summed E-state index contributed by atoms with van der Waals surface area (Å²) in [6.07, 6.45) is 5.25. The molecule has 4 rings (SSSR count). The number of hydrogen-bond donors (Lipinski definition) is 2. The molecule has 1 heterocycles. The lowest BCUT2D eigenvalue weighted by Crippen LogP contribution is -2.42. The first-order chi connectivity index (χ1) is 10.5. The normalized spacial score (nSPS) is 34.8. The summed E-state index contributed by atoms with van der Waals surface area (Å²) in [6, 6.07) is 7.06. The Morgan fingerprint density at radius 1 is 1.23 bits per heavy atom. The number of para-hydroxylation sites is 1. The van der Waals surface area contributed by atoms with Crippen molar-refractivity contribution in [3.05, 3.63) is 24.3 Å². The number of aliphatic imine (C=N–C) groups is 1. The highest BCUT2D eigenvalue weighted by molar-refractivity contribution is 7.90. The van der Waals surface area contributed by atoms with Gasteiger partial charge in [-0.05, 0) is 56.1 Å². The average molecular weight is 319 g/mol. The van der Waals surface area contributed by atoms with Crippen LogP contribution in [-0.2, 0) is 10.0 Å². The molecule has 3 aliphatic rings. The van der Waals surface area contributed by atoms with Gasteiger partial charge in [0, 0.05) is 0 Å². The number of nitrogens with zero attached hydrogens (tertiary/aromatic N) is 1. The maximum Gasteiger partial charge on any atom is 0.266 e. The van der Waals surface area contributed by atoms with Gasteiger partial charge in [-0.15, -0.1) is 0 Å². The summed E-state index contributed by atoms with van der Waals surface area (Å²) in [5.74, 6) is 2.59. The van der Waals surface area contributed by atoms with E-state index in [1.54, 1.807) is 18.2 Å². The van der Waals surface area contributed by atoms with E-state index in [1.165, 1.54) is 25.7 Å². The van der Waals surface area contributed by atoms with Gasteiger partial charge in [-0.1, -0.05) is 18.6 Å². The third-order valence-electron chi connectivity index (χ3n) is 5.41. The maximum atomic E-state index is 12.3. The Hall–Kier alpha value is -1.56. The summed E-state index contributed by atoms with van der Waals surface area (Å²) in [7, 11) is -3.51. The lowest BCUT2D eigenvalue weighted by molar-refractivity contribution is 0.294. The fourth-order valence-electron chi connectivity index (χ4n) is 4.38. The molecule has 118 valence electrons. The fraction of sp³-hybridized carbons (Fsp3) is 0.562. The van der Waals surface area contributed by atoms with Crippen LogP contribution in [-0.4, -0.2) is 20.4 Å². The number of benzene rings is 1. The summed E-state index contributed by atoms with van der Waals surface area (Å²) >= 11 is 0. The molecule has 2 bridgehead atoms. The van der Waals surface area contributed by atoms with Crippen molar-refractivity contribution in [3.8, 4) is 0 Å². The van der Waals surface area contributed by atoms with E-state index >= 15 is 0 Å². The molecule has 4 atom stereocenters. The highest BCUT2D eigenvalue weighted by Gasteiger charge is 2.42. The molecule has 0 amide bonds. The Morgan fingerprint density at radius 2 is 2.05 bits per heavy atom. The minimum Gasteiger partial charge on any atom is -0.324 e. The molecule has 0 aromatic heterocycles. The molecule has 1 aromatic carbocycles. The molecule has 4 unspecified atom stereocenters. The first kappa shape index (κ1) is 14.1. The Morgan fingerprint density at radius 3 is 2.77 bits per heavy atom. The van der Waals surface area contributed by atoms with Crippen LogP contribution in [0.25, 0.3) is 0 Å². The molecule has 0 saturated heterocycles. The monoisotopic (exact) mass is 319 g/mol. The molecule has 1 aromatic rings. The predicted molar refractivity (Wildman–Crippen MR) is 86.2 cm³/mol. The van der Waals surface area contributed by atoms with Crippen molar-refractivity contribution >= 4 is 21.7 Å². The van der Waals surface area contributed by atoms with Gasteiger partial charge < -0.3 is 5.32 Å². The van der Waals surface area contributed by atoms with Gasteiger partial charge in [0.05, 0.1) is 11.7 Å². The van der Waals surface area contributed by atoms with E-state index in [4.69, 9.17) is 0 Å². The van der Waals surface area contributed by atoms with Crippen LogP contribution in [0.5, 0.6) is 0 Å². The van der Waals surface area contributed by atoms with Gasteiger partial charge in [0.2, 0.25) is 5.96 Å². The van der Waals surface area contributed by atoms with E-state index < -0.39 is 10.0 Å². The minimum atomic E-state index is -3.51. The summed E-state index contributed by atoms with van der Waals surface area (Å²) < 4.78 is 27.1. The number of hydrogen-bond acceptors (Lipinski definition) is 3. The van der Waals surface area contributed by atoms with Gasteiger partial charge >= 0.3 is 0 Å². The zero-order chi connectivity index (χ0) is 15.3. The van der Waals surface area contributed by atoms with Crippen LogP contribution in [0.3, 0.4) is 0 Å². The third kappa shape index (κ3) is 2.29. The van der Waals surface area contributed by atoms with E-state index in [-0.39, 0.29) is 10.9 Å². The van der Waals surface area contributed by atoms with Crippen molar-refractivity contribution in [3.63, 3.8) is 0 Å². The fourth-order valence-corrected chi connectivity index (χ4v) is 5.52. The maximum absolute atomic E-state index is 12.3. The van der Waals surface area contributed by atoms with Crippen molar-refractivity contribution in [1.29, 1.82) is 0 Å². The van der Waals surface area contributed by atoms with E-state index in [0.717, 1.165) is 11.8 Å². The van der Waals surface area contributed by atoms with E-state index in [0.29, 0.717) is 17.6 Å². The lowest BCUT2D eigenvalue weighted by atomic mass is 9.84. The highest BCUT2D eigenvalue weighted by Crippen LogP contribution is 2.50. The van der Waals surface area contributed by atoms with Crippen LogP contribution >= 0.6 is 0 Å². The first-order valence-corrected chi connectivity index (χ1v) is 9.48. The number of rotatable bonds is 2. The van der Waals surface area contributed by atoms with Gasteiger partial charge in [0.25, 0.3) is 10.0 Å². The quantitative estimate of drug-likeness (QED) is 0.880. The first-order valence-electron chi connectivity index (χ1n) is 7.99. The van der Waals surface area contributed by atoms with Crippen LogP contribution < -0.4 is 10.0 Å². The number of nitrogens with one attached hydrogen (secondary N) is 2. The van der Waals surface area contributed by atoms with Gasteiger partial charge in [0.15, 0.2) is 0 Å². The van der Waals surface area contributed by atoms with Crippen LogP contribution in [0.2, 0.25) is 0 Å². The molecular formula is C16H21N3O2S. The molecule has 0 radical (unpaired) electrons. The Bertz CT molecular complexity index is 729. The van der Waals surface area contributed by atoms with Gasteiger partial charge in [-0.25, -0.2) is 18.1 Å². The Labute approximate surface area is 131 Å². The minimum absolute atomic E-state index is 0.144. The smallest absolute Gasteiger partial charge is 0.266 e. The second-order valence-electron chi connectivity index (χ2n) is 6.78. The number of fused-ring (bicyclic) bond motifs is 3. The zero-order valence-corrected chi connectivity index (χ0v) is 13.4. The lowest BCUT2D eigenvalue weighted by Gasteiger charge is -2.27. The van der Waals surface area contributed by atoms with Crippen LogP contribution in [0, 0.1) is 17.8 Å². The number of sulfonamides is 1. The number of guanidine groups is 1. The Balaban J connectivity index is 1.59. The van der Waals surface area contributed by atoms with Crippen LogP contribution in [0.1, 0.15) is 32.6 Å². The standard InChI is InChI=1S/C16H21N3O2S/c1-10(13-9-11-6-7-12(13)8-11)17-16-18-14-4-2-3-5-15(14)22(20,21)19-16/h2-5,10-13H,6-9H2,1H3,(H2,17,18,19). The average Bonchev–Trinajstić information content (AvgIpc) is 3.09. The molecule has 1 aliphatic heterocycles. The highest BCUT2D eigenvalue weighted by atomic mass is 32.2. The molecule has 2 fully saturated rings. The van der Waals surface area contributed by atoms with Crippen molar-refractivity contribution in [1.82, 2.24) is 4.72 Å². The third-order valence-corrected chi connectivity index (χ3v) is 6.80. The SMILES string of the molecule is CC(N=C1Nc2ccccc2S(=O)(=O)N1)C1CC2CCC1C2. The summed E-state index contributed by atoms with van der Waals surface area (Å²) in [6.45, 7) is 2.11. The molecule has 6 heteroatoms. The number of anilines is 1. The van der Waals surface area contributed by atoms with Crippen molar-refractivity contribution in [2.24, 2.45) is 22.7 Å². The summed E-state index contributed by atoms with van der Waals surface area (Å²) in [5.41, 5.74) is 0.597. The predicted octanol–water partition coefficient (Wildman–Crippen LogP) is 2.57. The summed E-state index contributed by atoms with van der Waals surface area (Å²) in [5, 5.41) is 3.11. The van der Waals surface area contributed by atoms with Crippen molar-refractivity contribution < 1.29 is 8.42 Å². The van der Waals surface area contributed by atoms with Gasteiger partial charge in [-0.2, -0.15) is 0 Å².